The van der Waals surface area contributed by atoms with Crippen molar-refractivity contribution in [2.45, 2.75) is 25.8 Å². The van der Waals surface area contributed by atoms with Gasteiger partial charge in [0, 0.05) is 11.1 Å². The summed E-state index contributed by atoms with van der Waals surface area (Å²) in [5.41, 5.74) is 0.987. The fraction of sp³-hybridized carbons (Fsp3) is 0.286. The van der Waals surface area contributed by atoms with Gasteiger partial charge in [0.1, 0.15) is 17.0 Å². The van der Waals surface area contributed by atoms with E-state index in [1.54, 1.807) is 23.8 Å². The van der Waals surface area contributed by atoms with Crippen molar-refractivity contribution in [1.82, 2.24) is 9.55 Å². The zero-order valence-electron chi connectivity index (χ0n) is 15.2. The average molecular weight is 364 g/mol. The molecule has 0 bridgehead atoms. The predicted molar refractivity (Wildman–Crippen MR) is 103 cm³/mol. The van der Waals surface area contributed by atoms with Crippen molar-refractivity contribution < 1.29 is 14.6 Å². The van der Waals surface area contributed by atoms with Crippen LogP contribution in [0.3, 0.4) is 0 Å². The third kappa shape index (κ3) is 2.60. The van der Waals surface area contributed by atoms with Crippen LogP contribution in [0.5, 0.6) is 5.75 Å². The van der Waals surface area contributed by atoms with E-state index in [-0.39, 0.29) is 11.6 Å². The molecular formula is C21H20N2O4. The van der Waals surface area contributed by atoms with Gasteiger partial charge in [-0.05, 0) is 37.1 Å². The van der Waals surface area contributed by atoms with Crippen LogP contribution in [-0.4, -0.2) is 27.7 Å². The van der Waals surface area contributed by atoms with Gasteiger partial charge in [-0.25, -0.2) is 4.98 Å². The highest BCUT2D eigenvalue weighted by Crippen LogP contribution is 2.59. The number of rotatable bonds is 5. The van der Waals surface area contributed by atoms with E-state index < -0.39 is 11.4 Å². The SMILES string of the molecule is CCc1c(/C=C/c2ccccc2OC)nc2n(c1=O)C1CC1(C(=O)O)C=C2. The molecule has 2 unspecified atom stereocenters. The number of aromatic nitrogens is 2. The van der Waals surface area contributed by atoms with Gasteiger partial charge in [-0.1, -0.05) is 31.2 Å². The van der Waals surface area contributed by atoms with Gasteiger partial charge >= 0.3 is 5.97 Å². The lowest BCUT2D eigenvalue weighted by molar-refractivity contribution is -0.141. The Morgan fingerprint density at radius 2 is 2.19 bits per heavy atom. The summed E-state index contributed by atoms with van der Waals surface area (Å²) in [4.78, 5) is 29.2. The number of para-hydroxylation sites is 1. The van der Waals surface area contributed by atoms with Gasteiger partial charge < -0.3 is 9.84 Å². The average Bonchev–Trinajstić information content (AvgIpc) is 3.42. The molecule has 6 nitrogen and oxygen atoms in total. The second-order valence-corrected chi connectivity index (χ2v) is 6.84. The third-order valence-corrected chi connectivity index (χ3v) is 5.39. The first-order chi connectivity index (χ1) is 13.0. The Bertz CT molecular complexity index is 1050. The summed E-state index contributed by atoms with van der Waals surface area (Å²) < 4.78 is 6.90. The molecule has 2 heterocycles. The predicted octanol–water partition coefficient (Wildman–Crippen LogP) is 3.03. The first-order valence-electron chi connectivity index (χ1n) is 8.91. The molecule has 1 fully saturated rings. The molecule has 138 valence electrons. The van der Waals surface area contributed by atoms with E-state index >= 15 is 0 Å². The van der Waals surface area contributed by atoms with Crippen molar-refractivity contribution in [2.75, 3.05) is 7.11 Å². The van der Waals surface area contributed by atoms with Crippen LogP contribution in [-0.2, 0) is 11.2 Å². The van der Waals surface area contributed by atoms with Gasteiger partial charge in [0.05, 0.1) is 18.8 Å². The highest BCUT2D eigenvalue weighted by Gasteiger charge is 2.62. The van der Waals surface area contributed by atoms with Crippen LogP contribution in [0.4, 0.5) is 0 Å². The van der Waals surface area contributed by atoms with Crippen LogP contribution < -0.4 is 10.3 Å². The lowest BCUT2D eigenvalue weighted by Gasteiger charge is -2.19. The number of methoxy groups -OCH3 is 1. The Kier molecular flexibility index (Phi) is 3.98. The van der Waals surface area contributed by atoms with Crippen molar-refractivity contribution in [1.29, 1.82) is 0 Å². The molecule has 1 aliphatic carbocycles. The van der Waals surface area contributed by atoms with Gasteiger partial charge in [-0.15, -0.1) is 0 Å². The number of benzene rings is 1. The standard InChI is InChI=1S/C21H20N2O4/c1-3-14-15(9-8-13-6-4-5-7-16(13)27-2)22-18-10-11-21(20(25)26)12-17(21)23(18)19(14)24/h4-11,17H,3,12H2,1-2H3,(H,25,26)/b9-8+. The topological polar surface area (TPSA) is 81.4 Å². The van der Waals surface area contributed by atoms with Gasteiger partial charge in [0.25, 0.3) is 5.56 Å². The number of ether oxygens (including phenoxy) is 1. The summed E-state index contributed by atoms with van der Waals surface area (Å²) in [5.74, 6) is 0.362. The molecule has 1 aromatic heterocycles. The zero-order chi connectivity index (χ0) is 19.2. The molecule has 0 amide bonds. The van der Waals surface area contributed by atoms with E-state index in [0.29, 0.717) is 29.9 Å². The van der Waals surface area contributed by atoms with Crippen LogP contribution in [0.1, 0.15) is 42.0 Å². The van der Waals surface area contributed by atoms with E-state index in [1.165, 1.54) is 0 Å². The first kappa shape index (κ1) is 17.3. The molecule has 0 spiro atoms. The minimum atomic E-state index is -0.946. The summed E-state index contributed by atoms with van der Waals surface area (Å²) >= 11 is 0. The normalized spacial score (nSPS) is 22.4. The summed E-state index contributed by atoms with van der Waals surface area (Å²) in [6.45, 7) is 1.90. The van der Waals surface area contributed by atoms with Crippen LogP contribution in [0.15, 0.2) is 35.1 Å². The van der Waals surface area contributed by atoms with E-state index in [1.807, 2.05) is 43.3 Å². The Balaban J connectivity index is 1.79. The number of carboxylic acid groups (broad SMARTS) is 1. The first-order valence-corrected chi connectivity index (χ1v) is 8.91. The fourth-order valence-corrected chi connectivity index (χ4v) is 3.75. The van der Waals surface area contributed by atoms with Crippen LogP contribution in [0.25, 0.3) is 18.2 Å². The number of nitrogens with zero attached hydrogens (tertiary/aromatic N) is 2. The number of fused-ring (bicyclic) bond motifs is 3. The molecule has 1 N–H and O–H groups in total. The minimum absolute atomic E-state index is 0.153. The van der Waals surface area contributed by atoms with Crippen LogP contribution >= 0.6 is 0 Å². The molecule has 2 aromatic rings. The number of carboxylic acids is 1. The molecule has 1 aromatic carbocycles. The minimum Gasteiger partial charge on any atom is -0.496 e. The lowest BCUT2D eigenvalue weighted by Crippen LogP contribution is -2.32. The summed E-state index contributed by atoms with van der Waals surface area (Å²) in [7, 11) is 1.61. The van der Waals surface area contributed by atoms with Gasteiger partial charge in [-0.3, -0.25) is 14.2 Å². The van der Waals surface area contributed by atoms with Gasteiger partial charge in [-0.2, -0.15) is 0 Å². The summed E-state index contributed by atoms with van der Waals surface area (Å²) in [6.07, 6.45) is 7.97. The molecule has 1 aliphatic heterocycles. The van der Waals surface area contributed by atoms with E-state index in [2.05, 4.69) is 4.98 Å². The molecule has 0 radical (unpaired) electrons. The van der Waals surface area contributed by atoms with Crippen molar-refractivity contribution in [2.24, 2.45) is 5.41 Å². The number of hydrogen-bond donors (Lipinski definition) is 1. The Morgan fingerprint density at radius 3 is 2.89 bits per heavy atom. The highest BCUT2D eigenvalue weighted by molar-refractivity contribution is 5.84. The van der Waals surface area contributed by atoms with Crippen LogP contribution in [0.2, 0.25) is 0 Å². The summed E-state index contributed by atoms with van der Waals surface area (Å²) in [6, 6.07) is 7.27. The quantitative estimate of drug-likeness (QED) is 0.882. The number of hydrogen-bond acceptors (Lipinski definition) is 4. The number of aliphatic carboxylic acids is 1. The molecule has 6 heteroatoms. The second-order valence-electron chi connectivity index (χ2n) is 6.84. The zero-order valence-corrected chi connectivity index (χ0v) is 15.2. The maximum atomic E-state index is 13.0. The van der Waals surface area contributed by atoms with Gasteiger partial charge in [0.15, 0.2) is 0 Å². The summed E-state index contributed by atoms with van der Waals surface area (Å²) in [5, 5.41) is 9.49. The molecule has 2 aliphatic rings. The highest BCUT2D eigenvalue weighted by atomic mass is 16.5. The maximum absolute atomic E-state index is 13.0. The Labute approximate surface area is 156 Å². The molecule has 2 atom stereocenters. The van der Waals surface area contributed by atoms with Crippen molar-refractivity contribution in [3.8, 4) is 5.75 Å². The fourth-order valence-electron chi connectivity index (χ4n) is 3.75. The molecule has 4 rings (SSSR count). The number of carbonyl (C=O) groups is 1. The maximum Gasteiger partial charge on any atom is 0.315 e. The molecule has 0 saturated heterocycles. The van der Waals surface area contributed by atoms with Gasteiger partial charge in [0.2, 0.25) is 0 Å². The molecule has 27 heavy (non-hydrogen) atoms. The largest absolute Gasteiger partial charge is 0.496 e. The van der Waals surface area contributed by atoms with Crippen LogP contribution in [0, 0.1) is 5.41 Å². The second kappa shape index (κ2) is 6.23. The van der Waals surface area contributed by atoms with Crippen molar-refractivity contribution >= 4 is 24.2 Å². The molecule has 1 saturated carbocycles. The van der Waals surface area contributed by atoms with Crippen molar-refractivity contribution in [3.63, 3.8) is 0 Å². The molecular weight excluding hydrogens is 344 g/mol. The smallest absolute Gasteiger partial charge is 0.315 e. The monoisotopic (exact) mass is 364 g/mol. The van der Waals surface area contributed by atoms with E-state index in [4.69, 9.17) is 4.74 Å². The van der Waals surface area contributed by atoms with Crippen molar-refractivity contribution in [3.05, 3.63) is 63.3 Å². The van der Waals surface area contributed by atoms with E-state index in [0.717, 1.165) is 11.3 Å². The van der Waals surface area contributed by atoms with E-state index in [9.17, 15) is 14.7 Å². The third-order valence-electron chi connectivity index (χ3n) is 5.39. The Hall–Kier alpha value is -3.15. The Morgan fingerprint density at radius 1 is 1.41 bits per heavy atom. The lowest BCUT2D eigenvalue weighted by atomic mass is 10.0.